The van der Waals surface area contributed by atoms with Crippen LogP contribution in [-0.2, 0) is 11.2 Å². The largest absolute Gasteiger partial charge is 0.351 e. The van der Waals surface area contributed by atoms with Crippen molar-refractivity contribution >= 4 is 5.91 Å². The lowest BCUT2D eigenvalue weighted by Crippen LogP contribution is -2.31. The van der Waals surface area contributed by atoms with Gasteiger partial charge in [-0.05, 0) is 24.1 Å². The molecule has 82 valence electrons. The van der Waals surface area contributed by atoms with Crippen molar-refractivity contribution in [2.45, 2.75) is 12.8 Å². The summed E-state index contributed by atoms with van der Waals surface area (Å²) in [6.45, 7) is 0.120. The minimum Gasteiger partial charge on any atom is -0.351 e. The molecule has 1 rings (SSSR count). The lowest BCUT2D eigenvalue weighted by Gasteiger charge is -2.04. The highest BCUT2D eigenvalue weighted by Crippen LogP contribution is 2.02. The Morgan fingerprint density at radius 1 is 1.27 bits per heavy atom. The summed E-state index contributed by atoms with van der Waals surface area (Å²) in [5.74, 6) is -1.63. The van der Waals surface area contributed by atoms with E-state index in [0.717, 1.165) is 5.56 Å². The molecule has 0 aliphatic rings. The number of nitrogens with one attached hydrogen (secondary N) is 1. The Bertz CT molecular complexity index is 324. The van der Waals surface area contributed by atoms with Crippen LogP contribution < -0.4 is 5.32 Å². The SMILES string of the molecule is O=C(NCCc1ccc(F)cc1)C(F)F. The van der Waals surface area contributed by atoms with Crippen LogP contribution in [0.3, 0.4) is 0 Å². The van der Waals surface area contributed by atoms with Gasteiger partial charge in [-0.1, -0.05) is 12.1 Å². The predicted octanol–water partition coefficient (Wildman–Crippen LogP) is 1.75. The number of carbonyl (C=O) groups is 1. The first kappa shape index (κ1) is 11.6. The summed E-state index contributed by atoms with van der Waals surface area (Å²) in [5.41, 5.74) is 0.783. The van der Waals surface area contributed by atoms with Crippen LogP contribution in [0, 0.1) is 5.82 Å². The molecular formula is C10H10F3NO. The molecule has 0 heterocycles. The van der Waals surface area contributed by atoms with Crippen LogP contribution >= 0.6 is 0 Å². The molecule has 0 aromatic heterocycles. The average Bonchev–Trinajstić information content (AvgIpc) is 2.20. The van der Waals surface area contributed by atoms with Gasteiger partial charge >= 0.3 is 6.43 Å². The molecule has 0 aliphatic carbocycles. The third kappa shape index (κ3) is 4.01. The molecule has 0 aliphatic heterocycles. The number of alkyl halides is 2. The first-order chi connectivity index (χ1) is 7.09. The number of rotatable bonds is 4. The highest BCUT2D eigenvalue weighted by atomic mass is 19.3. The van der Waals surface area contributed by atoms with Crippen LogP contribution in [-0.4, -0.2) is 18.9 Å². The normalized spacial score (nSPS) is 10.4. The van der Waals surface area contributed by atoms with Crippen molar-refractivity contribution in [1.29, 1.82) is 0 Å². The van der Waals surface area contributed by atoms with Crippen molar-refractivity contribution in [3.8, 4) is 0 Å². The smallest absolute Gasteiger partial charge is 0.315 e. The quantitative estimate of drug-likeness (QED) is 0.817. The maximum absolute atomic E-state index is 12.5. The number of halogens is 3. The Morgan fingerprint density at radius 3 is 2.40 bits per heavy atom. The summed E-state index contributed by atoms with van der Waals surface area (Å²) < 4.78 is 36.0. The fourth-order valence-corrected chi connectivity index (χ4v) is 1.06. The molecule has 1 aromatic carbocycles. The van der Waals surface area contributed by atoms with Gasteiger partial charge in [0.15, 0.2) is 0 Å². The minimum absolute atomic E-state index is 0.120. The third-order valence-electron chi connectivity index (χ3n) is 1.82. The predicted molar refractivity (Wildman–Crippen MR) is 49.1 cm³/mol. The second-order valence-corrected chi connectivity index (χ2v) is 2.97. The lowest BCUT2D eigenvalue weighted by atomic mass is 10.1. The summed E-state index contributed by atoms with van der Waals surface area (Å²) in [6, 6.07) is 5.66. The van der Waals surface area contributed by atoms with E-state index in [1.165, 1.54) is 12.1 Å². The molecule has 0 saturated carbocycles. The van der Waals surface area contributed by atoms with Crippen LogP contribution in [0.2, 0.25) is 0 Å². The summed E-state index contributed by atoms with van der Waals surface area (Å²) >= 11 is 0. The molecule has 0 fully saturated rings. The first-order valence-electron chi connectivity index (χ1n) is 4.40. The molecule has 1 N–H and O–H groups in total. The van der Waals surface area contributed by atoms with Crippen molar-refractivity contribution in [2.75, 3.05) is 6.54 Å². The van der Waals surface area contributed by atoms with Crippen molar-refractivity contribution in [3.63, 3.8) is 0 Å². The van der Waals surface area contributed by atoms with E-state index in [2.05, 4.69) is 5.32 Å². The summed E-state index contributed by atoms with van der Waals surface area (Å²) in [7, 11) is 0. The Hall–Kier alpha value is -1.52. The van der Waals surface area contributed by atoms with Crippen molar-refractivity contribution < 1.29 is 18.0 Å². The summed E-state index contributed by atoms with van der Waals surface area (Å²) in [6.07, 6.45) is -2.59. The molecule has 15 heavy (non-hydrogen) atoms. The molecule has 0 atom stereocenters. The maximum Gasteiger partial charge on any atom is 0.315 e. The van der Waals surface area contributed by atoms with Gasteiger partial charge in [-0.3, -0.25) is 4.79 Å². The number of carbonyl (C=O) groups excluding carboxylic acids is 1. The van der Waals surface area contributed by atoms with Gasteiger partial charge in [0.1, 0.15) is 5.82 Å². The van der Waals surface area contributed by atoms with E-state index >= 15 is 0 Å². The van der Waals surface area contributed by atoms with Crippen LogP contribution in [0.4, 0.5) is 13.2 Å². The summed E-state index contributed by atoms with van der Waals surface area (Å²) in [4.78, 5) is 10.5. The molecule has 0 bridgehead atoms. The van der Waals surface area contributed by atoms with Crippen LogP contribution in [0.25, 0.3) is 0 Å². The maximum atomic E-state index is 12.5. The molecule has 0 spiro atoms. The second-order valence-electron chi connectivity index (χ2n) is 2.97. The highest BCUT2D eigenvalue weighted by Gasteiger charge is 2.13. The second kappa shape index (κ2) is 5.38. The van der Waals surface area contributed by atoms with Gasteiger partial charge < -0.3 is 5.32 Å². The van der Waals surface area contributed by atoms with E-state index in [4.69, 9.17) is 0 Å². The molecule has 1 aromatic rings. The van der Waals surface area contributed by atoms with Crippen molar-refractivity contribution in [2.24, 2.45) is 0 Å². The highest BCUT2D eigenvalue weighted by molar-refractivity contribution is 5.78. The third-order valence-corrected chi connectivity index (χ3v) is 1.82. The molecular weight excluding hydrogens is 207 g/mol. The molecule has 0 unspecified atom stereocenters. The van der Waals surface area contributed by atoms with Crippen molar-refractivity contribution in [1.82, 2.24) is 5.32 Å². The molecule has 1 amide bonds. The number of hydrogen-bond acceptors (Lipinski definition) is 1. The van der Waals surface area contributed by atoms with Gasteiger partial charge in [-0.25, -0.2) is 4.39 Å². The fourth-order valence-electron chi connectivity index (χ4n) is 1.06. The zero-order valence-corrected chi connectivity index (χ0v) is 7.84. The van der Waals surface area contributed by atoms with E-state index in [9.17, 15) is 18.0 Å². The van der Waals surface area contributed by atoms with E-state index in [-0.39, 0.29) is 12.4 Å². The monoisotopic (exact) mass is 217 g/mol. The number of benzene rings is 1. The van der Waals surface area contributed by atoms with E-state index in [1.807, 2.05) is 0 Å². The Labute approximate surface area is 85.1 Å². The standard InChI is InChI=1S/C10H10F3NO/c11-8-3-1-7(2-4-8)5-6-14-10(15)9(12)13/h1-4,9H,5-6H2,(H,14,15). The Kier molecular flexibility index (Phi) is 4.15. The fraction of sp³-hybridized carbons (Fsp3) is 0.300. The minimum atomic E-state index is -2.99. The van der Waals surface area contributed by atoms with Gasteiger partial charge in [0.2, 0.25) is 0 Å². The van der Waals surface area contributed by atoms with Crippen LogP contribution in [0.5, 0.6) is 0 Å². The van der Waals surface area contributed by atoms with Crippen LogP contribution in [0.15, 0.2) is 24.3 Å². The van der Waals surface area contributed by atoms with Gasteiger partial charge in [-0.2, -0.15) is 8.78 Å². The zero-order valence-electron chi connectivity index (χ0n) is 7.84. The van der Waals surface area contributed by atoms with Crippen LogP contribution in [0.1, 0.15) is 5.56 Å². The Morgan fingerprint density at radius 2 is 1.87 bits per heavy atom. The molecule has 0 saturated heterocycles. The van der Waals surface area contributed by atoms with Gasteiger partial charge in [0.25, 0.3) is 5.91 Å². The van der Waals surface area contributed by atoms with Gasteiger partial charge in [0, 0.05) is 6.54 Å². The molecule has 2 nitrogen and oxygen atoms in total. The number of amides is 1. The van der Waals surface area contributed by atoms with E-state index in [1.54, 1.807) is 12.1 Å². The number of hydrogen-bond donors (Lipinski definition) is 1. The lowest BCUT2D eigenvalue weighted by molar-refractivity contribution is -0.131. The molecule has 0 radical (unpaired) electrons. The van der Waals surface area contributed by atoms with Crippen molar-refractivity contribution in [3.05, 3.63) is 35.6 Å². The van der Waals surface area contributed by atoms with Gasteiger partial charge in [-0.15, -0.1) is 0 Å². The van der Waals surface area contributed by atoms with E-state index in [0.29, 0.717) is 6.42 Å². The summed E-state index contributed by atoms with van der Waals surface area (Å²) in [5, 5.41) is 2.06. The topological polar surface area (TPSA) is 29.1 Å². The zero-order chi connectivity index (χ0) is 11.3. The van der Waals surface area contributed by atoms with Gasteiger partial charge in [0.05, 0.1) is 0 Å². The molecule has 5 heteroatoms. The average molecular weight is 217 g/mol. The Balaban J connectivity index is 2.32. The first-order valence-corrected chi connectivity index (χ1v) is 4.40. The van der Waals surface area contributed by atoms with E-state index < -0.39 is 12.3 Å².